The van der Waals surface area contributed by atoms with Crippen LogP contribution in [0.25, 0.3) is 76.9 Å². The Morgan fingerprint density at radius 3 is 1.94 bits per heavy atom. The Morgan fingerprint density at radius 1 is 0.431 bits per heavy atom. The first-order chi connectivity index (χ1) is 25.2. The highest BCUT2D eigenvalue weighted by Gasteiger charge is 2.26. The fourth-order valence-corrected chi connectivity index (χ4v) is 7.67. The van der Waals surface area contributed by atoms with Crippen molar-refractivity contribution in [3.8, 4) is 11.1 Å². The molecule has 4 heterocycles. The molecule has 2 atom stereocenters. The summed E-state index contributed by atoms with van der Waals surface area (Å²) in [5.74, 6) is 0.789. The molecule has 0 fully saturated rings. The molecule has 0 saturated heterocycles. The zero-order valence-electron chi connectivity index (χ0n) is 27.3. The van der Waals surface area contributed by atoms with Crippen molar-refractivity contribution in [2.75, 3.05) is 0 Å². The van der Waals surface area contributed by atoms with Crippen molar-refractivity contribution in [2.45, 2.75) is 12.3 Å². The molecule has 6 nitrogen and oxygen atoms in total. The Morgan fingerprint density at radius 2 is 1.08 bits per heavy atom. The van der Waals surface area contributed by atoms with E-state index in [0.717, 1.165) is 99.5 Å². The molecule has 2 unspecified atom stereocenters. The lowest BCUT2D eigenvalue weighted by Gasteiger charge is -2.32. The minimum absolute atomic E-state index is 0.162. The molecule has 3 aromatic heterocycles. The third-order valence-electron chi connectivity index (χ3n) is 10.2. The van der Waals surface area contributed by atoms with E-state index in [1.807, 2.05) is 36.4 Å². The first-order valence-electron chi connectivity index (χ1n) is 17.2. The fraction of sp³-hybridized carbons (Fsp3) is 0.0444. The summed E-state index contributed by atoms with van der Waals surface area (Å²) in [6, 6.07) is 52.2. The highest BCUT2D eigenvalue weighted by atomic mass is 16.3. The molecule has 7 aromatic carbocycles. The molecule has 2 N–H and O–H groups in total. The van der Waals surface area contributed by atoms with E-state index >= 15 is 0 Å². The molecule has 0 bridgehead atoms. The van der Waals surface area contributed by atoms with E-state index in [9.17, 15) is 0 Å². The van der Waals surface area contributed by atoms with E-state index in [-0.39, 0.29) is 12.3 Å². The van der Waals surface area contributed by atoms with Gasteiger partial charge in [-0.15, -0.1) is 0 Å². The van der Waals surface area contributed by atoms with Crippen LogP contribution in [0.4, 0.5) is 0 Å². The molecule has 1 aliphatic rings. The maximum Gasteiger partial charge on any atom is 0.143 e. The second-order valence-corrected chi connectivity index (χ2v) is 13.2. The lowest BCUT2D eigenvalue weighted by molar-refractivity contribution is 0.409. The van der Waals surface area contributed by atoms with Crippen LogP contribution in [-0.4, -0.2) is 5.84 Å². The van der Waals surface area contributed by atoms with Gasteiger partial charge in [0.15, 0.2) is 0 Å². The van der Waals surface area contributed by atoms with Crippen molar-refractivity contribution in [1.29, 1.82) is 0 Å². The maximum absolute atomic E-state index is 6.48. The monoisotopic (exact) mass is 659 g/mol. The first-order valence-corrected chi connectivity index (χ1v) is 17.2. The van der Waals surface area contributed by atoms with Gasteiger partial charge in [-0.3, -0.25) is 5.32 Å². The van der Waals surface area contributed by atoms with Gasteiger partial charge in [-0.1, -0.05) is 109 Å². The third kappa shape index (κ3) is 4.50. The summed E-state index contributed by atoms with van der Waals surface area (Å²) >= 11 is 0. The Labute approximate surface area is 291 Å². The van der Waals surface area contributed by atoms with Crippen LogP contribution >= 0.6 is 0 Å². The number of amidine groups is 1. The van der Waals surface area contributed by atoms with Gasteiger partial charge < -0.3 is 18.6 Å². The van der Waals surface area contributed by atoms with Crippen LogP contribution in [0.2, 0.25) is 0 Å². The fourth-order valence-electron chi connectivity index (χ4n) is 7.67. The molecule has 0 amide bonds. The van der Waals surface area contributed by atoms with Crippen molar-refractivity contribution in [1.82, 2.24) is 10.6 Å². The molecule has 0 saturated carbocycles. The number of nitrogens with one attached hydrogen (secondary N) is 2. The first kappa shape index (κ1) is 28.2. The van der Waals surface area contributed by atoms with Crippen LogP contribution in [-0.2, 0) is 0 Å². The Balaban J connectivity index is 1.00. The lowest BCUT2D eigenvalue weighted by atomic mass is 10.00. The number of aliphatic imine (C=N–C) groups is 1. The smallest absolute Gasteiger partial charge is 0.143 e. The highest BCUT2D eigenvalue weighted by Crippen LogP contribution is 2.39. The topological polar surface area (TPSA) is 75.8 Å². The molecule has 0 spiro atoms. The molecule has 51 heavy (non-hydrogen) atoms. The summed E-state index contributed by atoms with van der Waals surface area (Å²) < 4.78 is 19.1. The quantitative estimate of drug-likeness (QED) is 0.197. The SMILES string of the molecule is c1ccc(C2NC(c3ccc4c(c3)oc3ccc(-c5cccc6c5oc5ccccc56)cc34)=NC(c3ccc4c(c3)oc3ccccc34)N2)cc1. The van der Waals surface area contributed by atoms with E-state index in [0.29, 0.717) is 0 Å². The summed E-state index contributed by atoms with van der Waals surface area (Å²) in [5.41, 5.74) is 10.4. The normalized spacial score (nSPS) is 16.4. The van der Waals surface area contributed by atoms with Gasteiger partial charge >= 0.3 is 0 Å². The number of hydrogen-bond acceptors (Lipinski definition) is 6. The minimum atomic E-state index is -0.307. The summed E-state index contributed by atoms with van der Waals surface area (Å²) in [5, 5.41) is 13.9. The van der Waals surface area contributed by atoms with E-state index in [1.54, 1.807) is 0 Å². The molecular weight excluding hydrogens is 631 g/mol. The number of nitrogens with zero attached hydrogens (tertiary/aromatic N) is 1. The highest BCUT2D eigenvalue weighted by molar-refractivity contribution is 6.12. The molecular formula is C45H29N3O3. The molecule has 242 valence electrons. The standard InChI is InChI=1S/C45H29N3O3/c1-2-9-26(10-3-1)43-46-44(28-17-20-33-31-11-4-6-15-37(31)49-40(33)24-28)48-45(47-43)29-18-21-34-36-23-27(19-22-39(36)50-41(34)25-29)30-13-8-14-35-32-12-5-7-16-38(32)51-42(30)35/h1-25,43-44,46H,(H,47,48). The lowest BCUT2D eigenvalue weighted by Crippen LogP contribution is -2.44. The van der Waals surface area contributed by atoms with Crippen molar-refractivity contribution < 1.29 is 13.3 Å². The second-order valence-electron chi connectivity index (χ2n) is 13.2. The molecule has 1 aliphatic heterocycles. The van der Waals surface area contributed by atoms with E-state index in [1.165, 1.54) is 0 Å². The number of fused-ring (bicyclic) bond motifs is 9. The molecule has 0 radical (unpaired) electrons. The molecule has 6 heteroatoms. The van der Waals surface area contributed by atoms with Gasteiger partial charge in [-0.2, -0.15) is 0 Å². The van der Waals surface area contributed by atoms with Gasteiger partial charge in [-0.25, -0.2) is 4.99 Å². The molecule has 11 rings (SSSR count). The van der Waals surface area contributed by atoms with Crippen LogP contribution in [0.5, 0.6) is 0 Å². The van der Waals surface area contributed by atoms with Crippen molar-refractivity contribution in [2.24, 2.45) is 4.99 Å². The largest absolute Gasteiger partial charge is 0.456 e. The van der Waals surface area contributed by atoms with Crippen molar-refractivity contribution in [3.05, 3.63) is 168 Å². The molecule has 10 aromatic rings. The van der Waals surface area contributed by atoms with Crippen LogP contribution in [0.1, 0.15) is 29.0 Å². The number of rotatable bonds is 4. The number of benzene rings is 7. The summed E-state index contributed by atoms with van der Waals surface area (Å²) in [7, 11) is 0. The summed E-state index contributed by atoms with van der Waals surface area (Å²) in [4.78, 5) is 5.22. The van der Waals surface area contributed by atoms with Gasteiger partial charge in [0.2, 0.25) is 0 Å². The average molecular weight is 660 g/mol. The van der Waals surface area contributed by atoms with Gasteiger partial charge in [0.25, 0.3) is 0 Å². The zero-order valence-corrected chi connectivity index (χ0v) is 27.3. The van der Waals surface area contributed by atoms with Crippen LogP contribution in [0.3, 0.4) is 0 Å². The Bertz CT molecular complexity index is 3000. The third-order valence-corrected chi connectivity index (χ3v) is 10.2. The number of hydrogen-bond donors (Lipinski definition) is 2. The van der Waals surface area contributed by atoms with Crippen molar-refractivity contribution in [3.63, 3.8) is 0 Å². The van der Waals surface area contributed by atoms with Gasteiger partial charge in [0.05, 0.1) is 0 Å². The zero-order chi connectivity index (χ0) is 33.5. The van der Waals surface area contributed by atoms with Gasteiger partial charge in [-0.05, 0) is 59.2 Å². The van der Waals surface area contributed by atoms with E-state index < -0.39 is 0 Å². The summed E-state index contributed by atoms with van der Waals surface area (Å²) in [6.07, 6.45) is -0.469. The predicted molar refractivity (Wildman–Crippen MR) is 205 cm³/mol. The van der Waals surface area contributed by atoms with Crippen molar-refractivity contribution >= 4 is 71.7 Å². The summed E-state index contributed by atoms with van der Waals surface area (Å²) in [6.45, 7) is 0. The van der Waals surface area contributed by atoms with Gasteiger partial charge in [0.1, 0.15) is 51.7 Å². The number of furan rings is 3. The predicted octanol–water partition coefficient (Wildman–Crippen LogP) is 11.4. The average Bonchev–Trinajstić information content (AvgIpc) is 3.88. The van der Waals surface area contributed by atoms with E-state index in [2.05, 4.69) is 126 Å². The van der Waals surface area contributed by atoms with Gasteiger partial charge in [0, 0.05) is 43.4 Å². The minimum Gasteiger partial charge on any atom is -0.456 e. The Hall–Kier alpha value is -6.63. The maximum atomic E-state index is 6.48. The second kappa shape index (κ2) is 10.9. The Kier molecular flexibility index (Phi) is 6.05. The van der Waals surface area contributed by atoms with Crippen LogP contribution < -0.4 is 10.6 Å². The van der Waals surface area contributed by atoms with Crippen LogP contribution in [0.15, 0.2) is 170 Å². The van der Waals surface area contributed by atoms with Crippen LogP contribution in [0, 0.1) is 0 Å². The van der Waals surface area contributed by atoms with E-state index in [4.69, 9.17) is 18.2 Å². The molecule has 0 aliphatic carbocycles. The number of para-hydroxylation sites is 3.